The van der Waals surface area contributed by atoms with Crippen molar-refractivity contribution in [1.82, 2.24) is 0 Å². The summed E-state index contributed by atoms with van der Waals surface area (Å²) in [5, 5.41) is 9.36. The summed E-state index contributed by atoms with van der Waals surface area (Å²) in [6, 6.07) is 5.52. The Balaban J connectivity index is 2.17. The minimum Gasteiger partial charge on any atom is -0.481 e. The number of halogens is 3. The van der Waals surface area contributed by atoms with Gasteiger partial charge in [-0.25, -0.2) is 13.2 Å². The Bertz CT molecular complexity index is 458. The van der Waals surface area contributed by atoms with Gasteiger partial charge in [0.15, 0.2) is 0 Å². The lowest BCUT2D eigenvalue weighted by molar-refractivity contribution is -0.156. The number of aliphatic carboxylic acids is 1. The second-order valence-corrected chi connectivity index (χ2v) is 5.24. The minimum absolute atomic E-state index is 0.0489. The third kappa shape index (κ3) is 3.08. The van der Waals surface area contributed by atoms with Gasteiger partial charge in [-0.2, -0.15) is 0 Å². The van der Waals surface area contributed by atoms with Crippen molar-refractivity contribution in [1.29, 1.82) is 0 Å². The molecule has 0 aromatic heterocycles. The van der Waals surface area contributed by atoms with Gasteiger partial charge in [0, 0.05) is 12.8 Å². The van der Waals surface area contributed by atoms with Gasteiger partial charge in [0.1, 0.15) is 5.82 Å². The lowest BCUT2D eigenvalue weighted by Gasteiger charge is -2.36. The molecule has 1 aliphatic rings. The molecule has 104 valence electrons. The summed E-state index contributed by atoms with van der Waals surface area (Å²) in [7, 11) is 0. The smallest absolute Gasteiger partial charge is 0.309 e. The van der Waals surface area contributed by atoms with E-state index in [9.17, 15) is 23.1 Å². The van der Waals surface area contributed by atoms with Gasteiger partial charge in [-0.15, -0.1) is 0 Å². The Morgan fingerprint density at radius 3 is 2.11 bits per heavy atom. The predicted molar refractivity (Wildman–Crippen MR) is 63.6 cm³/mol. The molecule has 1 aliphatic carbocycles. The van der Waals surface area contributed by atoms with Crippen LogP contribution in [0.4, 0.5) is 13.2 Å². The molecule has 0 saturated heterocycles. The van der Waals surface area contributed by atoms with Crippen molar-refractivity contribution >= 4 is 5.97 Å². The van der Waals surface area contributed by atoms with Crippen LogP contribution in [0.15, 0.2) is 24.3 Å². The molecule has 0 unspecified atom stereocenters. The Hall–Kier alpha value is -1.52. The first-order valence-electron chi connectivity index (χ1n) is 6.19. The third-order valence-electron chi connectivity index (χ3n) is 3.85. The second-order valence-electron chi connectivity index (χ2n) is 5.24. The van der Waals surface area contributed by atoms with E-state index < -0.39 is 36.0 Å². The van der Waals surface area contributed by atoms with Gasteiger partial charge in [0.2, 0.25) is 5.92 Å². The van der Waals surface area contributed by atoms with E-state index in [2.05, 4.69) is 0 Å². The normalized spacial score (nSPS) is 21.0. The van der Waals surface area contributed by atoms with Crippen LogP contribution in [0.3, 0.4) is 0 Å². The molecule has 1 aromatic rings. The van der Waals surface area contributed by atoms with E-state index in [-0.39, 0.29) is 19.3 Å². The van der Waals surface area contributed by atoms with Gasteiger partial charge in [0.25, 0.3) is 0 Å². The minimum atomic E-state index is -2.76. The quantitative estimate of drug-likeness (QED) is 0.912. The highest BCUT2D eigenvalue weighted by molar-refractivity contribution is 5.75. The molecule has 0 spiro atoms. The molecule has 2 rings (SSSR count). The van der Waals surface area contributed by atoms with Crippen molar-refractivity contribution < 1.29 is 23.1 Å². The zero-order valence-corrected chi connectivity index (χ0v) is 10.3. The van der Waals surface area contributed by atoms with Crippen molar-refractivity contribution in [2.75, 3.05) is 0 Å². The van der Waals surface area contributed by atoms with Crippen molar-refractivity contribution in [2.45, 2.75) is 38.0 Å². The highest BCUT2D eigenvalue weighted by Gasteiger charge is 2.47. The molecule has 1 fully saturated rings. The molecule has 5 heteroatoms. The van der Waals surface area contributed by atoms with Gasteiger partial charge in [0.05, 0.1) is 5.41 Å². The molecule has 0 aliphatic heterocycles. The summed E-state index contributed by atoms with van der Waals surface area (Å²) in [6.45, 7) is 0. The lowest BCUT2D eigenvalue weighted by Crippen LogP contribution is -2.40. The highest BCUT2D eigenvalue weighted by atomic mass is 19.3. The molecule has 1 aromatic carbocycles. The van der Waals surface area contributed by atoms with Crippen LogP contribution in [-0.4, -0.2) is 17.0 Å². The molecule has 0 amide bonds. The van der Waals surface area contributed by atoms with Gasteiger partial charge in [-0.05, 0) is 37.0 Å². The molecule has 0 heterocycles. The lowest BCUT2D eigenvalue weighted by atomic mass is 9.69. The van der Waals surface area contributed by atoms with Crippen LogP contribution in [0, 0.1) is 11.2 Å². The highest BCUT2D eigenvalue weighted by Crippen LogP contribution is 2.45. The van der Waals surface area contributed by atoms with Crippen LogP contribution in [0.5, 0.6) is 0 Å². The Kier molecular flexibility index (Phi) is 3.56. The molecule has 0 radical (unpaired) electrons. The maximum atomic E-state index is 13.2. The fourth-order valence-corrected chi connectivity index (χ4v) is 2.55. The van der Waals surface area contributed by atoms with E-state index in [1.807, 2.05) is 0 Å². The van der Waals surface area contributed by atoms with E-state index in [1.165, 1.54) is 24.3 Å². The van der Waals surface area contributed by atoms with Crippen LogP contribution < -0.4 is 0 Å². The van der Waals surface area contributed by atoms with E-state index in [1.54, 1.807) is 0 Å². The summed E-state index contributed by atoms with van der Waals surface area (Å²) in [4.78, 5) is 11.4. The summed E-state index contributed by atoms with van der Waals surface area (Å²) < 4.78 is 39.1. The van der Waals surface area contributed by atoms with E-state index >= 15 is 0 Å². The maximum absolute atomic E-state index is 13.2. The van der Waals surface area contributed by atoms with E-state index in [4.69, 9.17) is 0 Å². The third-order valence-corrected chi connectivity index (χ3v) is 3.85. The SMILES string of the molecule is O=C(O)C1(Cc2ccc(F)cc2)CCC(F)(F)CC1. The first-order chi connectivity index (χ1) is 8.83. The number of carboxylic acids is 1. The molecular weight excluding hydrogens is 257 g/mol. The summed E-state index contributed by atoms with van der Waals surface area (Å²) in [5.41, 5.74) is -0.492. The number of carboxylic acid groups (broad SMARTS) is 1. The average Bonchev–Trinajstić information content (AvgIpc) is 2.35. The van der Waals surface area contributed by atoms with E-state index in [0.717, 1.165) is 0 Å². The summed E-state index contributed by atoms with van der Waals surface area (Å²) >= 11 is 0. The van der Waals surface area contributed by atoms with Crippen LogP contribution >= 0.6 is 0 Å². The van der Waals surface area contributed by atoms with Gasteiger partial charge in [-0.3, -0.25) is 4.79 Å². The molecule has 2 nitrogen and oxygen atoms in total. The van der Waals surface area contributed by atoms with Gasteiger partial charge in [-0.1, -0.05) is 12.1 Å². The van der Waals surface area contributed by atoms with Crippen LogP contribution in [0.25, 0.3) is 0 Å². The van der Waals surface area contributed by atoms with Gasteiger partial charge >= 0.3 is 5.97 Å². The molecule has 19 heavy (non-hydrogen) atoms. The summed E-state index contributed by atoms with van der Waals surface area (Å²) in [5.74, 6) is -4.21. The monoisotopic (exact) mass is 272 g/mol. The van der Waals surface area contributed by atoms with Gasteiger partial charge < -0.3 is 5.11 Å². The van der Waals surface area contributed by atoms with Crippen molar-refractivity contribution in [2.24, 2.45) is 5.41 Å². The predicted octanol–water partition coefficient (Wildman–Crippen LogP) is 3.65. The fourth-order valence-electron chi connectivity index (χ4n) is 2.55. The molecule has 0 bridgehead atoms. The number of alkyl halides is 2. The average molecular weight is 272 g/mol. The zero-order valence-electron chi connectivity index (χ0n) is 10.3. The largest absolute Gasteiger partial charge is 0.481 e. The van der Waals surface area contributed by atoms with E-state index in [0.29, 0.717) is 5.56 Å². The number of rotatable bonds is 3. The molecule has 1 N–H and O–H groups in total. The standard InChI is InChI=1S/C14H15F3O2/c15-11-3-1-10(2-4-11)9-13(12(18)19)5-7-14(16,17)8-6-13/h1-4H,5-9H2,(H,18,19). The van der Waals surface area contributed by atoms with Crippen LogP contribution in [0.1, 0.15) is 31.2 Å². The fraction of sp³-hybridized carbons (Fsp3) is 0.500. The summed E-state index contributed by atoms with van der Waals surface area (Å²) in [6.07, 6.45) is -0.737. The zero-order chi connectivity index (χ0) is 14.1. The molecular formula is C14H15F3O2. The Morgan fingerprint density at radius 1 is 1.11 bits per heavy atom. The van der Waals surface area contributed by atoms with Crippen LogP contribution in [0.2, 0.25) is 0 Å². The van der Waals surface area contributed by atoms with Crippen molar-refractivity contribution in [3.05, 3.63) is 35.6 Å². The first-order valence-corrected chi connectivity index (χ1v) is 6.19. The second kappa shape index (κ2) is 4.87. The number of hydrogen-bond acceptors (Lipinski definition) is 1. The first kappa shape index (κ1) is 13.9. The van der Waals surface area contributed by atoms with Crippen molar-refractivity contribution in [3.63, 3.8) is 0 Å². The maximum Gasteiger partial charge on any atom is 0.309 e. The number of benzene rings is 1. The number of hydrogen-bond donors (Lipinski definition) is 1. The molecule has 0 atom stereocenters. The Morgan fingerprint density at radius 2 is 1.63 bits per heavy atom. The Labute approximate surface area is 109 Å². The molecule has 1 saturated carbocycles. The van der Waals surface area contributed by atoms with Crippen LogP contribution in [-0.2, 0) is 11.2 Å². The van der Waals surface area contributed by atoms with Crippen molar-refractivity contribution in [3.8, 4) is 0 Å². The topological polar surface area (TPSA) is 37.3 Å². The number of carbonyl (C=O) groups is 1.